The van der Waals surface area contributed by atoms with E-state index in [0.717, 1.165) is 11.6 Å². The fourth-order valence-corrected chi connectivity index (χ4v) is 3.06. The van der Waals surface area contributed by atoms with Crippen molar-refractivity contribution in [1.29, 1.82) is 0 Å². The van der Waals surface area contributed by atoms with Gasteiger partial charge in [0.1, 0.15) is 16.8 Å². The Bertz CT molecular complexity index is 495. The van der Waals surface area contributed by atoms with Crippen LogP contribution in [0.1, 0.15) is 66.1 Å². The minimum Gasteiger partial charge on any atom is -0.357 e. The van der Waals surface area contributed by atoms with E-state index in [4.69, 9.17) is 16.6 Å². The van der Waals surface area contributed by atoms with E-state index in [2.05, 4.69) is 51.6 Å². The zero-order valence-electron chi connectivity index (χ0n) is 14.2. The summed E-state index contributed by atoms with van der Waals surface area (Å²) in [5.74, 6) is 1.76. The number of rotatable bonds is 2. The zero-order chi connectivity index (χ0) is 15.8. The monoisotopic (exact) mass is 309 g/mol. The van der Waals surface area contributed by atoms with Gasteiger partial charge in [0.2, 0.25) is 0 Å². The van der Waals surface area contributed by atoms with Crippen LogP contribution < -0.4 is 4.90 Å². The van der Waals surface area contributed by atoms with E-state index in [1.807, 2.05) is 6.07 Å². The van der Waals surface area contributed by atoms with Crippen LogP contribution in [0, 0.1) is 5.41 Å². The highest BCUT2D eigenvalue weighted by Gasteiger charge is 2.30. The Labute approximate surface area is 134 Å². The lowest BCUT2D eigenvalue weighted by molar-refractivity contribution is 0.222. The summed E-state index contributed by atoms with van der Waals surface area (Å²) >= 11 is 6.21. The van der Waals surface area contributed by atoms with E-state index in [-0.39, 0.29) is 5.41 Å². The van der Waals surface area contributed by atoms with Crippen LogP contribution in [0.15, 0.2) is 6.07 Å². The molecule has 1 aromatic heterocycles. The van der Waals surface area contributed by atoms with Crippen molar-refractivity contribution >= 4 is 17.4 Å². The maximum atomic E-state index is 6.21. The van der Waals surface area contributed by atoms with Gasteiger partial charge in [0, 0.05) is 24.6 Å². The first kappa shape index (κ1) is 16.5. The van der Waals surface area contributed by atoms with Crippen LogP contribution in [0.5, 0.6) is 0 Å². The van der Waals surface area contributed by atoms with Crippen LogP contribution in [0.3, 0.4) is 0 Å². The summed E-state index contributed by atoms with van der Waals surface area (Å²) in [5.41, 5.74) is 0.395. The largest absolute Gasteiger partial charge is 0.357 e. The fourth-order valence-electron chi connectivity index (χ4n) is 2.88. The molecule has 0 saturated heterocycles. The maximum Gasteiger partial charge on any atom is 0.137 e. The standard InChI is InChI=1S/C17H28ClN3/c1-16(2,3)15-19-13(18)11-14(20-15)21(6)12-7-9-17(4,5)10-8-12/h11-12H,7-10H2,1-6H3. The van der Waals surface area contributed by atoms with Crippen LogP contribution in [-0.4, -0.2) is 23.1 Å². The van der Waals surface area contributed by atoms with Crippen LogP contribution in [-0.2, 0) is 5.41 Å². The Morgan fingerprint density at radius 2 is 1.76 bits per heavy atom. The van der Waals surface area contributed by atoms with Gasteiger partial charge in [-0.15, -0.1) is 0 Å². The Balaban J connectivity index is 2.20. The summed E-state index contributed by atoms with van der Waals surface area (Å²) in [6.07, 6.45) is 4.98. The molecule has 1 aliphatic rings. The molecule has 1 aromatic rings. The Hall–Kier alpha value is -0.830. The van der Waals surface area contributed by atoms with Crippen molar-refractivity contribution in [3.8, 4) is 0 Å². The van der Waals surface area contributed by atoms with Crippen molar-refractivity contribution in [1.82, 2.24) is 9.97 Å². The maximum absolute atomic E-state index is 6.21. The van der Waals surface area contributed by atoms with E-state index >= 15 is 0 Å². The molecule has 0 spiro atoms. The molecular weight excluding hydrogens is 282 g/mol. The van der Waals surface area contributed by atoms with Crippen LogP contribution in [0.4, 0.5) is 5.82 Å². The molecule has 4 heteroatoms. The molecule has 0 radical (unpaired) electrons. The van der Waals surface area contributed by atoms with Crippen molar-refractivity contribution < 1.29 is 0 Å². The van der Waals surface area contributed by atoms with Gasteiger partial charge in [0.25, 0.3) is 0 Å². The number of anilines is 1. The predicted molar refractivity (Wildman–Crippen MR) is 90.2 cm³/mol. The number of aromatic nitrogens is 2. The normalized spacial score (nSPS) is 19.6. The first-order valence-corrected chi connectivity index (χ1v) is 8.24. The smallest absolute Gasteiger partial charge is 0.137 e. The minimum absolute atomic E-state index is 0.0882. The highest BCUT2D eigenvalue weighted by Crippen LogP contribution is 2.37. The SMILES string of the molecule is CN(c1cc(Cl)nc(C(C)(C)C)n1)C1CCC(C)(C)CC1. The zero-order valence-corrected chi connectivity index (χ0v) is 15.0. The van der Waals surface area contributed by atoms with Gasteiger partial charge in [-0.2, -0.15) is 0 Å². The fraction of sp³-hybridized carbons (Fsp3) is 0.765. The van der Waals surface area contributed by atoms with E-state index in [9.17, 15) is 0 Å². The molecule has 0 unspecified atom stereocenters. The predicted octanol–water partition coefficient (Wildman–Crippen LogP) is 4.83. The summed E-state index contributed by atoms with van der Waals surface area (Å²) in [6, 6.07) is 2.44. The van der Waals surface area contributed by atoms with Crippen LogP contribution in [0.25, 0.3) is 0 Å². The summed E-state index contributed by atoms with van der Waals surface area (Å²) in [7, 11) is 2.13. The second-order valence-electron chi connectivity index (χ2n) is 8.13. The van der Waals surface area contributed by atoms with Crippen molar-refractivity contribution in [2.24, 2.45) is 5.41 Å². The third kappa shape index (κ3) is 4.09. The molecule has 1 saturated carbocycles. The third-order valence-corrected chi connectivity index (χ3v) is 4.76. The van der Waals surface area contributed by atoms with Crippen LogP contribution >= 0.6 is 11.6 Å². The second-order valence-corrected chi connectivity index (χ2v) is 8.52. The van der Waals surface area contributed by atoms with Crippen molar-refractivity contribution in [3.63, 3.8) is 0 Å². The highest BCUT2D eigenvalue weighted by molar-refractivity contribution is 6.29. The molecular formula is C17H28ClN3. The molecule has 21 heavy (non-hydrogen) atoms. The molecule has 0 aromatic carbocycles. The molecule has 0 aliphatic heterocycles. The van der Waals surface area contributed by atoms with Crippen molar-refractivity contribution in [2.45, 2.75) is 71.8 Å². The second kappa shape index (κ2) is 5.75. The van der Waals surface area contributed by atoms with Gasteiger partial charge in [0.15, 0.2) is 0 Å². The number of nitrogens with zero attached hydrogens (tertiary/aromatic N) is 3. The summed E-state index contributed by atoms with van der Waals surface area (Å²) < 4.78 is 0. The average molecular weight is 310 g/mol. The number of halogens is 1. The molecule has 0 amide bonds. The van der Waals surface area contributed by atoms with Gasteiger partial charge in [-0.3, -0.25) is 0 Å². The van der Waals surface area contributed by atoms with Gasteiger partial charge in [-0.25, -0.2) is 9.97 Å². The number of hydrogen-bond donors (Lipinski definition) is 0. The van der Waals surface area contributed by atoms with Crippen molar-refractivity contribution in [2.75, 3.05) is 11.9 Å². The van der Waals surface area contributed by atoms with E-state index in [0.29, 0.717) is 16.6 Å². The third-order valence-electron chi connectivity index (χ3n) is 4.57. The summed E-state index contributed by atoms with van der Waals surface area (Å²) in [5, 5.41) is 0.535. The Morgan fingerprint density at radius 1 is 1.19 bits per heavy atom. The molecule has 3 nitrogen and oxygen atoms in total. The lowest BCUT2D eigenvalue weighted by Crippen LogP contribution is -2.38. The molecule has 118 valence electrons. The van der Waals surface area contributed by atoms with E-state index in [1.54, 1.807) is 0 Å². The van der Waals surface area contributed by atoms with Crippen molar-refractivity contribution in [3.05, 3.63) is 17.0 Å². The molecule has 0 bridgehead atoms. The molecule has 1 aliphatic carbocycles. The van der Waals surface area contributed by atoms with Gasteiger partial charge < -0.3 is 4.90 Å². The van der Waals surface area contributed by atoms with Gasteiger partial charge >= 0.3 is 0 Å². The molecule has 1 fully saturated rings. The quantitative estimate of drug-likeness (QED) is 0.732. The molecule has 1 heterocycles. The molecule has 0 N–H and O–H groups in total. The lowest BCUT2D eigenvalue weighted by Gasteiger charge is -2.39. The molecule has 2 rings (SSSR count). The van der Waals surface area contributed by atoms with E-state index < -0.39 is 0 Å². The topological polar surface area (TPSA) is 29.0 Å². The van der Waals surface area contributed by atoms with Gasteiger partial charge in [-0.1, -0.05) is 46.2 Å². The average Bonchev–Trinajstić information content (AvgIpc) is 2.36. The van der Waals surface area contributed by atoms with E-state index in [1.165, 1.54) is 25.7 Å². The first-order valence-electron chi connectivity index (χ1n) is 7.86. The van der Waals surface area contributed by atoms with Gasteiger partial charge in [0.05, 0.1) is 0 Å². The number of hydrogen-bond acceptors (Lipinski definition) is 3. The van der Waals surface area contributed by atoms with Crippen LogP contribution in [0.2, 0.25) is 5.15 Å². The highest BCUT2D eigenvalue weighted by atomic mass is 35.5. The Kier molecular flexibility index (Phi) is 4.53. The Morgan fingerprint density at radius 3 is 2.29 bits per heavy atom. The minimum atomic E-state index is -0.0882. The lowest BCUT2D eigenvalue weighted by atomic mass is 9.75. The molecule has 0 atom stereocenters. The summed E-state index contributed by atoms with van der Waals surface area (Å²) in [4.78, 5) is 11.4. The summed E-state index contributed by atoms with van der Waals surface area (Å²) in [6.45, 7) is 11.1. The van der Waals surface area contributed by atoms with Gasteiger partial charge in [-0.05, 0) is 31.1 Å². The first-order chi connectivity index (χ1) is 9.58.